The first-order chi connectivity index (χ1) is 8.15. The third-order valence-electron chi connectivity index (χ3n) is 3.23. The molecule has 2 rings (SSSR count). The zero-order valence-corrected chi connectivity index (χ0v) is 11.0. The van der Waals surface area contributed by atoms with Gasteiger partial charge in [0.2, 0.25) is 0 Å². The molecule has 1 aliphatic heterocycles. The van der Waals surface area contributed by atoms with E-state index in [0.29, 0.717) is 5.02 Å². The van der Waals surface area contributed by atoms with Crippen molar-refractivity contribution in [3.63, 3.8) is 0 Å². The minimum absolute atomic E-state index is 0.158. The maximum absolute atomic E-state index is 9.38. The summed E-state index contributed by atoms with van der Waals surface area (Å²) in [7, 11) is 2.17. The van der Waals surface area contributed by atoms with Gasteiger partial charge in [-0.3, -0.25) is 4.90 Å². The highest BCUT2D eigenvalue weighted by atomic mass is 35.5. The Labute approximate surface area is 108 Å². The molecule has 17 heavy (non-hydrogen) atoms. The van der Waals surface area contributed by atoms with Gasteiger partial charge in [-0.1, -0.05) is 17.7 Å². The van der Waals surface area contributed by atoms with E-state index >= 15 is 0 Å². The molecule has 1 aromatic carbocycles. The quantitative estimate of drug-likeness (QED) is 0.877. The van der Waals surface area contributed by atoms with E-state index in [1.54, 1.807) is 6.07 Å². The molecule has 1 N–H and O–H groups in total. The van der Waals surface area contributed by atoms with Crippen LogP contribution >= 0.6 is 11.6 Å². The summed E-state index contributed by atoms with van der Waals surface area (Å²) in [6, 6.07) is 5.46. The molecule has 1 saturated heterocycles. The molecule has 0 atom stereocenters. The first-order valence-corrected chi connectivity index (χ1v) is 6.41. The van der Waals surface area contributed by atoms with Gasteiger partial charge in [0, 0.05) is 19.6 Å². The largest absolute Gasteiger partial charge is 0.506 e. The third kappa shape index (κ3) is 3.60. The SMILES string of the molecule is CN1CCCN(Cc2ccc(O)c(Cl)c2)CC1. The predicted octanol–water partition coefficient (Wildman–Crippen LogP) is 2.18. The Kier molecular flexibility index (Phi) is 4.26. The highest BCUT2D eigenvalue weighted by Gasteiger charge is 2.12. The monoisotopic (exact) mass is 254 g/mol. The van der Waals surface area contributed by atoms with Crippen molar-refractivity contribution in [1.82, 2.24) is 9.80 Å². The van der Waals surface area contributed by atoms with Gasteiger partial charge in [0.05, 0.1) is 5.02 Å². The minimum Gasteiger partial charge on any atom is -0.506 e. The van der Waals surface area contributed by atoms with Crippen molar-refractivity contribution in [3.8, 4) is 5.75 Å². The number of phenolic OH excluding ortho intramolecular Hbond substituents is 1. The first kappa shape index (κ1) is 12.7. The van der Waals surface area contributed by atoms with E-state index in [9.17, 15) is 5.11 Å². The molecule has 1 aliphatic rings. The van der Waals surface area contributed by atoms with Crippen LogP contribution in [-0.2, 0) is 6.54 Å². The zero-order valence-electron chi connectivity index (χ0n) is 10.2. The van der Waals surface area contributed by atoms with Gasteiger partial charge in [-0.25, -0.2) is 0 Å². The summed E-state index contributed by atoms with van der Waals surface area (Å²) in [6.07, 6.45) is 1.21. The van der Waals surface area contributed by atoms with E-state index in [2.05, 4.69) is 16.8 Å². The molecule has 0 spiro atoms. The van der Waals surface area contributed by atoms with Crippen molar-refractivity contribution in [3.05, 3.63) is 28.8 Å². The van der Waals surface area contributed by atoms with Gasteiger partial charge in [-0.15, -0.1) is 0 Å². The van der Waals surface area contributed by atoms with Crippen molar-refractivity contribution >= 4 is 11.6 Å². The van der Waals surface area contributed by atoms with Crippen LogP contribution in [-0.4, -0.2) is 48.1 Å². The fraction of sp³-hybridized carbons (Fsp3) is 0.538. The van der Waals surface area contributed by atoms with Gasteiger partial charge in [0.25, 0.3) is 0 Å². The van der Waals surface area contributed by atoms with Crippen LogP contribution in [0.4, 0.5) is 0 Å². The topological polar surface area (TPSA) is 26.7 Å². The highest BCUT2D eigenvalue weighted by Crippen LogP contribution is 2.24. The number of phenols is 1. The standard InChI is InChI=1S/C13H19ClN2O/c1-15-5-2-6-16(8-7-15)10-11-3-4-13(17)12(14)9-11/h3-4,9,17H,2,5-8,10H2,1H3. The van der Waals surface area contributed by atoms with Crippen molar-refractivity contribution in [1.29, 1.82) is 0 Å². The zero-order chi connectivity index (χ0) is 12.3. The normalized spacial score (nSPS) is 19.2. The molecule has 0 aliphatic carbocycles. The number of rotatable bonds is 2. The number of nitrogens with zero attached hydrogens (tertiary/aromatic N) is 2. The molecule has 1 fully saturated rings. The molecule has 94 valence electrons. The van der Waals surface area contributed by atoms with Crippen LogP contribution < -0.4 is 0 Å². The molecule has 0 bridgehead atoms. The summed E-state index contributed by atoms with van der Waals surface area (Å²) in [5.41, 5.74) is 1.16. The van der Waals surface area contributed by atoms with E-state index in [0.717, 1.165) is 31.7 Å². The highest BCUT2D eigenvalue weighted by molar-refractivity contribution is 6.32. The van der Waals surface area contributed by atoms with Crippen molar-refractivity contribution in [2.24, 2.45) is 0 Å². The van der Waals surface area contributed by atoms with E-state index in [-0.39, 0.29) is 5.75 Å². The second-order valence-electron chi connectivity index (χ2n) is 4.72. The summed E-state index contributed by atoms with van der Waals surface area (Å²) in [5.74, 6) is 0.158. The summed E-state index contributed by atoms with van der Waals surface area (Å²) < 4.78 is 0. The van der Waals surface area contributed by atoms with Crippen LogP contribution in [0.1, 0.15) is 12.0 Å². The van der Waals surface area contributed by atoms with Crippen LogP contribution in [0.3, 0.4) is 0 Å². The minimum atomic E-state index is 0.158. The van der Waals surface area contributed by atoms with Crippen LogP contribution in [0.5, 0.6) is 5.75 Å². The summed E-state index contributed by atoms with van der Waals surface area (Å²) in [4.78, 5) is 4.80. The number of likely N-dealkylation sites (N-methyl/N-ethyl adjacent to an activating group) is 1. The maximum atomic E-state index is 9.38. The van der Waals surface area contributed by atoms with Crippen LogP contribution in [0.2, 0.25) is 5.02 Å². The van der Waals surface area contributed by atoms with E-state index in [1.807, 2.05) is 12.1 Å². The molecular formula is C13H19ClN2O. The molecule has 1 heterocycles. The lowest BCUT2D eigenvalue weighted by Crippen LogP contribution is -2.28. The Hall–Kier alpha value is -0.770. The molecule has 0 unspecified atom stereocenters. The summed E-state index contributed by atoms with van der Waals surface area (Å²) >= 11 is 5.91. The Morgan fingerprint density at radius 3 is 2.82 bits per heavy atom. The molecule has 0 aromatic heterocycles. The van der Waals surface area contributed by atoms with E-state index in [1.165, 1.54) is 13.0 Å². The Morgan fingerprint density at radius 1 is 1.24 bits per heavy atom. The molecular weight excluding hydrogens is 236 g/mol. The number of benzene rings is 1. The molecule has 0 amide bonds. The van der Waals surface area contributed by atoms with Gasteiger partial charge >= 0.3 is 0 Å². The lowest BCUT2D eigenvalue weighted by atomic mass is 10.2. The van der Waals surface area contributed by atoms with Gasteiger partial charge in [0.15, 0.2) is 0 Å². The number of hydrogen-bond donors (Lipinski definition) is 1. The molecule has 0 radical (unpaired) electrons. The Balaban J connectivity index is 1.97. The average molecular weight is 255 g/mol. The van der Waals surface area contributed by atoms with Crippen molar-refractivity contribution in [2.45, 2.75) is 13.0 Å². The fourth-order valence-corrected chi connectivity index (χ4v) is 2.37. The number of aromatic hydroxyl groups is 1. The number of hydrogen-bond acceptors (Lipinski definition) is 3. The summed E-state index contributed by atoms with van der Waals surface area (Å²) in [6.45, 7) is 5.42. The first-order valence-electron chi connectivity index (χ1n) is 6.03. The Morgan fingerprint density at radius 2 is 2.06 bits per heavy atom. The number of halogens is 1. The molecule has 0 saturated carbocycles. The smallest absolute Gasteiger partial charge is 0.134 e. The fourth-order valence-electron chi connectivity index (χ4n) is 2.17. The van der Waals surface area contributed by atoms with Crippen LogP contribution in [0.25, 0.3) is 0 Å². The Bertz CT molecular complexity index is 384. The van der Waals surface area contributed by atoms with E-state index < -0.39 is 0 Å². The lowest BCUT2D eigenvalue weighted by molar-refractivity contribution is 0.269. The van der Waals surface area contributed by atoms with Gasteiger partial charge in [-0.2, -0.15) is 0 Å². The molecule has 3 nitrogen and oxygen atoms in total. The third-order valence-corrected chi connectivity index (χ3v) is 3.53. The van der Waals surface area contributed by atoms with Crippen molar-refractivity contribution in [2.75, 3.05) is 33.2 Å². The molecule has 1 aromatic rings. The van der Waals surface area contributed by atoms with Crippen LogP contribution in [0.15, 0.2) is 18.2 Å². The second kappa shape index (κ2) is 5.71. The second-order valence-corrected chi connectivity index (χ2v) is 5.13. The summed E-state index contributed by atoms with van der Waals surface area (Å²) in [5, 5.41) is 9.82. The van der Waals surface area contributed by atoms with E-state index in [4.69, 9.17) is 11.6 Å². The predicted molar refractivity (Wildman–Crippen MR) is 70.5 cm³/mol. The lowest BCUT2D eigenvalue weighted by Gasteiger charge is -2.20. The maximum Gasteiger partial charge on any atom is 0.134 e. The van der Waals surface area contributed by atoms with Gasteiger partial charge < -0.3 is 10.0 Å². The average Bonchev–Trinajstić information content (AvgIpc) is 2.49. The van der Waals surface area contributed by atoms with Gasteiger partial charge in [-0.05, 0) is 44.3 Å². The van der Waals surface area contributed by atoms with Gasteiger partial charge in [0.1, 0.15) is 5.75 Å². The molecule has 4 heteroatoms. The van der Waals surface area contributed by atoms with Crippen LogP contribution in [0, 0.1) is 0 Å². The van der Waals surface area contributed by atoms with Crippen molar-refractivity contribution < 1.29 is 5.11 Å².